The van der Waals surface area contributed by atoms with Crippen molar-refractivity contribution in [1.29, 1.82) is 0 Å². The molecule has 3 rings (SSSR count). The van der Waals surface area contributed by atoms with Crippen LogP contribution in [0.25, 0.3) is 0 Å². The summed E-state index contributed by atoms with van der Waals surface area (Å²) in [6.45, 7) is 10.4. The van der Waals surface area contributed by atoms with Gasteiger partial charge in [-0.15, -0.1) is 0 Å². The predicted molar refractivity (Wildman–Crippen MR) is 90.6 cm³/mol. The van der Waals surface area contributed by atoms with E-state index in [2.05, 4.69) is 20.8 Å². The van der Waals surface area contributed by atoms with Crippen LogP contribution in [-0.4, -0.2) is 16.0 Å². The number of phenols is 1. The number of aliphatic hydroxyl groups is 1. The van der Waals surface area contributed by atoms with Gasteiger partial charge in [0.2, 0.25) is 0 Å². The lowest BCUT2D eigenvalue weighted by atomic mass is 9.49. The molecule has 0 bridgehead atoms. The number of fused-ring (bicyclic) bond motifs is 3. The number of benzene rings is 1. The maximum atomic E-state index is 13.0. The molecular formula is C20H28O3. The summed E-state index contributed by atoms with van der Waals surface area (Å²) in [5, 5.41) is 21.1. The third-order valence-corrected chi connectivity index (χ3v) is 6.22. The van der Waals surface area contributed by atoms with Gasteiger partial charge in [-0.3, -0.25) is 4.79 Å². The molecule has 1 aromatic carbocycles. The van der Waals surface area contributed by atoms with Crippen molar-refractivity contribution in [2.24, 2.45) is 11.3 Å². The zero-order valence-corrected chi connectivity index (χ0v) is 14.8. The van der Waals surface area contributed by atoms with Gasteiger partial charge >= 0.3 is 0 Å². The van der Waals surface area contributed by atoms with Crippen LogP contribution in [0.5, 0.6) is 5.75 Å². The molecule has 3 nitrogen and oxygen atoms in total. The minimum absolute atomic E-state index is 0.0508. The molecule has 0 aliphatic heterocycles. The molecule has 23 heavy (non-hydrogen) atoms. The van der Waals surface area contributed by atoms with Crippen molar-refractivity contribution in [3.8, 4) is 5.75 Å². The van der Waals surface area contributed by atoms with Crippen molar-refractivity contribution in [3.63, 3.8) is 0 Å². The third kappa shape index (κ3) is 2.24. The van der Waals surface area contributed by atoms with Gasteiger partial charge in [-0.1, -0.05) is 41.0 Å². The highest BCUT2D eigenvalue weighted by atomic mass is 16.3. The van der Waals surface area contributed by atoms with Gasteiger partial charge in [-0.2, -0.15) is 0 Å². The number of aliphatic hydroxyl groups excluding tert-OH is 1. The van der Waals surface area contributed by atoms with E-state index in [4.69, 9.17) is 0 Å². The lowest BCUT2D eigenvalue weighted by Crippen LogP contribution is -2.54. The normalized spacial score (nSPS) is 32.6. The second-order valence-corrected chi connectivity index (χ2v) is 8.65. The molecule has 1 aromatic rings. The number of rotatable bonds is 1. The Bertz CT molecular complexity index is 659. The summed E-state index contributed by atoms with van der Waals surface area (Å²) in [4.78, 5) is 13.0. The monoisotopic (exact) mass is 316 g/mol. The van der Waals surface area contributed by atoms with Gasteiger partial charge in [-0.25, -0.2) is 0 Å². The van der Waals surface area contributed by atoms with Gasteiger partial charge in [0.15, 0.2) is 5.78 Å². The zero-order chi connectivity index (χ0) is 17.2. The lowest BCUT2D eigenvalue weighted by molar-refractivity contribution is -0.143. The molecule has 0 unspecified atom stereocenters. The van der Waals surface area contributed by atoms with Gasteiger partial charge in [0.1, 0.15) is 11.9 Å². The SMILES string of the molecule is CC(C)c1cc2c(cc1O)[C@@]1(C)CCCC(C)(C)[C@H]1C(=O)[C@@H]2O. The molecule has 0 amide bonds. The van der Waals surface area contributed by atoms with Gasteiger partial charge in [0.25, 0.3) is 0 Å². The molecule has 1 fully saturated rings. The van der Waals surface area contributed by atoms with Gasteiger partial charge < -0.3 is 10.2 Å². The molecule has 2 N–H and O–H groups in total. The average molecular weight is 316 g/mol. The number of carbonyl (C=O) groups excluding carboxylic acids is 1. The second kappa shape index (κ2) is 5.07. The summed E-state index contributed by atoms with van der Waals surface area (Å²) in [5.41, 5.74) is 2.03. The van der Waals surface area contributed by atoms with Gasteiger partial charge in [-0.05, 0) is 53.0 Å². The Kier molecular flexibility index (Phi) is 3.64. The molecule has 2 aliphatic carbocycles. The average Bonchev–Trinajstić information content (AvgIpc) is 2.43. The Hall–Kier alpha value is -1.35. The summed E-state index contributed by atoms with van der Waals surface area (Å²) < 4.78 is 0. The molecule has 1 saturated carbocycles. The molecule has 0 saturated heterocycles. The van der Waals surface area contributed by atoms with E-state index in [1.165, 1.54) is 0 Å². The maximum absolute atomic E-state index is 13.0. The standard InChI is InChI=1S/C20H28O3/c1-11(2)12-9-13-14(10-15(12)21)20(5)8-6-7-19(3,4)18(20)17(23)16(13)22/h9-11,16,18,21-22H,6-8H2,1-5H3/t16-,18-,20-/m1/s1. The number of hydrogen-bond donors (Lipinski definition) is 2. The fraction of sp³-hybridized carbons (Fsp3) is 0.650. The van der Waals surface area contributed by atoms with Crippen molar-refractivity contribution >= 4 is 5.78 Å². The van der Waals surface area contributed by atoms with Crippen molar-refractivity contribution in [2.45, 2.75) is 71.3 Å². The fourth-order valence-corrected chi connectivity index (χ4v) is 5.17. The number of Topliss-reactive ketones (excluding diaryl/α,β-unsaturated/α-hetero) is 1. The van der Waals surface area contributed by atoms with Crippen LogP contribution in [0.3, 0.4) is 0 Å². The first-order chi connectivity index (χ1) is 10.6. The van der Waals surface area contributed by atoms with Crippen LogP contribution in [0.2, 0.25) is 0 Å². The fourth-order valence-electron chi connectivity index (χ4n) is 5.17. The first-order valence-corrected chi connectivity index (χ1v) is 8.68. The van der Waals surface area contributed by atoms with E-state index in [0.29, 0.717) is 5.56 Å². The Morgan fingerprint density at radius 1 is 1.17 bits per heavy atom. The number of ketones is 1. The van der Waals surface area contributed by atoms with E-state index in [-0.39, 0.29) is 34.2 Å². The zero-order valence-electron chi connectivity index (χ0n) is 14.8. The van der Waals surface area contributed by atoms with Crippen molar-refractivity contribution in [2.75, 3.05) is 0 Å². The van der Waals surface area contributed by atoms with E-state index in [0.717, 1.165) is 30.4 Å². The second-order valence-electron chi connectivity index (χ2n) is 8.65. The lowest BCUT2D eigenvalue weighted by Gasteiger charge is -2.54. The van der Waals surface area contributed by atoms with Crippen LogP contribution in [0.15, 0.2) is 12.1 Å². The number of aromatic hydroxyl groups is 1. The molecular weight excluding hydrogens is 288 g/mol. The molecule has 0 radical (unpaired) electrons. The van der Waals surface area contributed by atoms with Crippen molar-refractivity contribution in [3.05, 3.63) is 28.8 Å². The van der Waals surface area contributed by atoms with Crippen LogP contribution < -0.4 is 0 Å². The first kappa shape index (κ1) is 16.5. The van der Waals surface area contributed by atoms with Crippen LogP contribution in [0.4, 0.5) is 0 Å². The highest BCUT2D eigenvalue weighted by molar-refractivity contribution is 5.91. The van der Waals surface area contributed by atoms with E-state index in [1.807, 2.05) is 26.0 Å². The van der Waals surface area contributed by atoms with Crippen LogP contribution in [0.1, 0.15) is 82.6 Å². The van der Waals surface area contributed by atoms with Gasteiger partial charge in [0, 0.05) is 11.3 Å². The van der Waals surface area contributed by atoms with Gasteiger partial charge in [0.05, 0.1) is 0 Å². The topological polar surface area (TPSA) is 57.5 Å². The number of carbonyl (C=O) groups is 1. The maximum Gasteiger partial charge on any atom is 0.170 e. The summed E-state index contributed by atoms with van der Waals surface area (Å²) in [6, 6.07) is 3.66. The molecule has 3 atom stereocenters. The largest absolute Gasteiger partial charge is 0.508 e. The van der Waals surface area contributed by atoms with E-state index >= 15 is 0 Å². The van der Waals surface area contributed by atoms with Crippen LogP contribution in [-0.2, 0) is 10.2 Å². The molecule has 126 valence electrons. The van der Waals surface area contributed by atoms with Crippen molar-refractivity contribution < 1.29 is 15.0 Å². The summed E-state index contributed by atoms with van der Waals surface area (Å²) in [7, 11) is 0. The smallest absolute Gasteiger partial charge is 0.170 e. The predicted octanol–water partition coefficient (Wildman–Crippen LogP) is 4.22. The van der Waals surface area contributed by atoms with E-state index in [9.17, 15) is 15.0 Å². The first-order valence-electron chi connectivity index (χ1n) is 8.68. The highest BCUT2D eigenvalue weighted by Gasteiger charge is 2.56. The minimum atomic E-state index is -1.07. The highest BCUT2D eigenvalue weighted by Crippen LogP contribution is 2.58. The molecule has 2 aliphatic rings. The Morgan fingerprint density at radius 3 is 2.43 bits per heavy atom. The summed E-state index contributed by atoms with van der Waals surface area (Å²) in [6.07, 6.45) is 1.91. The summed E-state index contributed by atoms with van der Waals surface area (Å²) >= 11 is 0. The number of phenolic OH excluding ortho intramolecular Hbond substituents is 1. The Balaban J connectivity index is 2.26. The van der Waals surface area contributed by atoms with E-state index < -0.39 is 6.10 Å². The number of hydrogen-bond acceptors (Lipinski definition) is 3. The molecule has 0 aromatic heterocycles. The molecule has 0 spiro atoms. The minimum Gasteiger partial charge on any atom is -0.508 e. The van der Waals surface area contributed by atoms with E-state index in [1.54, 1.807) is 0 Å². The Labute approximate surface area is 138 Å². The quantitative estimate of drug-likeness (QED) is 0.815. The van der Waals surface area contributed by atoms with Crippen molar-refractivity contribution in [1.82, 2.24) is 0 Å². The van der Waals surface area contributed by atoms with Crippen LogP contribution >= 0.6 is 0 Å². The summed E-state index contributed by atoms with van der Waals surface area (Å²) in [5.74, 6) is 0.181. The van der Waals surface area contributed by atoms with Crippen LogP contribution in [0, 0.1) is 11.3 Å². The third-order valence-electron chi connectivity index (χ3n) is 6.22. The molecule has 3 heteroatoms. The Morgan fingerprint density at radius 2 is 1.83 bits per heavy atom. The molecule has 0 heterocycles.